The Bertz CT molecular complexity index is 2070. The van der Waals surface area contributed by atoms with Crippen LogP contribution in [-0.2, 0) is 6.54 Å². The SMILES string of the molecule is C1=Cc2sc3cc(N(c4ccc(-c5ccccc5)cc4)c4ccc(-c5ccc6ccccc6c5)cc4)ccc3c2CN1. The van der Waals surface area contributed by atoms with Gasteiger partial charge in [0.05, 0.1) is 0 Å². The average Bonchev–Trinajstić information content (AvgIpc) is 3.44. The third-order valence-corrected chi connectivity index (χ3v) is 9.30. The maximum absolute atomic E-state index is 3.37. The van der Waals surface area contributed by atoms with Gasteiger partial charge in [-0.15, -0.1) is 11.3 Å². The molecule has 0 unspecified atom stereocenters. The van der Waals surface area contributed by atoms with E-state index in [1.165, 1.54) is 53.6 Å². The van der Waals surface area contributed by atoms with Gasteiger partial charge in [-0.3, -0.25) is 0 Å². The van der Waals surface area contributed by atoms with Gasteiger partial charge < -0.3 is 10.2 Å². The van der Waals surface area contributed by atoms with Gasteiger partial charge >= 0.3 is 0 Å². The quantitative estimate of drug-likeness (QED) is 0.227. The molecule has 3 heteroatoms. The number of anilines is 3. The van der Waals surface area contributed by atoms with Crippen molar-refractivity contribution in [2.24, 2.45) is 0 Å². The van der Waals surface area contributed by atoms with Gasteiger partial charge in [0.2, 0.25) is 0 Å². The van der Waals surface area contributed by atoms with Gasteiger partial charge in [-0.05, 0) is 98.7 Å². The van der Waals surface area contributed by atoms with Gasteiger partial charge in [0, 0.05) is 33.2 Å². The van der Waals surface area contributed by atoms with Crippen LogP contribution in [0.5, 0.6) is 0 Å². The molecule has 2 nitrogen and oxygen atoms in total. The summed E-state index contributed by atoms with van der Waals surface area (Å²) in [5.74, 6) is 0. The van der Waals surface area contributed by atoms with Crippen LogP contribution in [0.3, 0.4) is 0 Å². The van der Waals surface area contributed by atoms with E-state index >= 15 is 0 Å². The molecule has 0 saturated carbocycles. The first-order valence-corrected chi connectivity index (χ1v) is 15.1. The van der Waals surface area contributed by atoms with E-state index in [0.717, 1.165) is 23.6 Å². The molecule has 200 valence electrons. The molecule has 8 rings (SSSR count). The minimum Gasteiger partial charge on any atom is -0.387 e. The lowest BCUT2D eigenvalue weighted by molar-refractivity contribution is 0.871. The predicted octanol–water partition coefficient (Wildman–Crippen LogP) is 10.9. The number of hydrogen-bond donors (Lipinski definition) is 1. The van der Waals surface area contributed by atoms with E-state index in [1.807, 2.05) is 11.3 Å². The van der Waals surface area contributed by atoms with Crippen molar-refractivity contribution in [2.75, 3.05) is 4.90 Å². The van der Waals surface area contributed by atoms with Gasteiger partial charge in [0.15, 0.2) is 0 Å². The summed E-state index contributed by atoms with van der Waals surface area (Å²) in [6, 6.07) is 50.6. The molecule has 1 N–H and O–H groups in total. The van der Waals surface area contributed by atoms with Crippen molar-refractivity contribution in [3.63, 3.8) is 0 Å². The van der Waals surface area contributed by atoms with Crippen LogP contribution in [0, 0.1) is 0 Å². The van der Waals surface area contributed by atoms with E-state index in [2.05, 4.69) is 162 Å². The molecule has 42 heavy (non-hydrogen) atoms. The number of fused-ring (bicyclic) bond motifs is 4. The summed E-state index contributed by atoms with van der Waals surface area (Å²) in [6.07, 6.45) is 4.24. The molecule has 7 aromatic rings. The van der Waals surface area contributed by atoms with E-state index < -0.39 is 0 Å². The maximum Gasteiger partial charge on any atom is 0.0476 e. The summed E-state index contributed by atoms with van der Waals surface area (Å²) >= 11 is 1.87. The van der Waals surface area contributed by atoms with Gasteiger partial charge in [0.25, 0.3) is 0 Å². The van der Waals surface area contributed by atoms with Crippen LogP contribution in [0.1, 0.15) is 10.4 Å². The fourth-order valence-corrected chi connectivity index (χ4v) is 7.12. The van der Waals surface area contributed by atoms with E-state index in [1.54, 1.807) is 0 Å². The van der Waals surface area contributed by atoms with Gasteiger partial charge in [0.1, 0.15) is 0 Å². The van der Waals surface area contributed by atoms with E-state index in [9.17, 15) is 0 Å². The standard InChI is InChI=1S/C39H28N2S/c1-2-6-27(7-3-1)29-12-16-33(17-13-29)41(35-20-21-36-37-26-40-23-22-38(37)42-39(36)25-35)34-18-14-30(15-19-34)32-11-10-28-8-4-5-9-31(28)24-32/h1-25,40H,26H2. The Morgan fingerprint density at radius 1 is 0.524 bits per heavy atom. The molecule has 0 amide bonds. The highest BCUT2D eigenvalue weighted by molar-refractivity contribution is 7.20. The summed E-state index contributed by atoms with van der Waals surface area (Å²) in [4.78, 5) is 3.71. The molecule has 0 atom stereocenters. The predicted molar refractivity (Wildman–Crippen MR) is 181 cm³/mol. The van der Waals surface area contributed by atoms with Crippen LogP contribution < -0.4 is 10.2 Å². The van der Waals surface area contributed by atoms with E-state index in [0.29, 0.717) is 0 Å². The molecule has 1 aromatic heterocycles. The van der Waals surface area contributed by atoms with Crippen LogP contribution in [0.15, 0.2) is 146 Å². The Hall–Kier alpha value is -5.12. The van der Waals surface area contributed by atoms with Crippen molar-refractivity contribution in [1.82, 2.24) is 5.32 Å². The molecule has 2 heterocycles. The number of nitrogens with zero attached hydrogens (tertiary/aromatic N) is 1. The molecular formula is C39H28N2S. The lowest BCUT2D eigenvalue weighted by Crippen LogP contribution is -2.10. The normalized spacial score (nSPS) is 12.3. The van der Waals surface area contributed by atoms with Crippen LogP contribution >= 0.6 is 11.3 Å². The molecule has 0 fully saturated rings. The van der Waals surface area contributed by atoms with Crippen LogP contribution in [-0.4, -0.2) is 0 Å². The van der Waals surface area contributed by atoms with Crippen molar-refractivity contribution in [2.45, 2.75) is 6.54 Å². The smallest absolute Gasteiger partial charge is 0.0476 e. The molecular weight excluding hydrogens is 529 g/mol. The first-order valence-electron chi connectivity index (χ1n) is 14.3. The Labute approximate surface area is 249 Å². The number of nitrogens with one attached hydrogen (secondary N) is 1. The van der Waals surface area contributed by atoms with E-state index in [-0.39, 0.29) is 0 Å². The van der Waals surface area contributed by atoms with Crippen LogP contribution in [0.4, 0.5) is 17.1 Å². The van der Waals surface area contributed by atoms with E-state index in [4.69, 9.17) is 0 Å². The Morgan fingerprint density at radius 2 is 1.14 bits per heavy atom. The molecule has 6 aromatic carbocycles. The molecule has 0 spiro atoms. The second-order valence-electron chi connectivity index (χ2n) is 10.7. The number of rotatable bonds is 5. The largest absolute Gasteiger partial charge is 0.387 e. The summed E-state index contributed by atoms with van der Waals surface area (Å²) in [6.45, 7) is 0.881. The number of thiophene rings is 1. The van der Waals surface area contributed by atoms with Gasteiger partial charge in [-0.1, -0.05) is 97.1 Å². The highest BCUT2D eigenvalue weighted by atomic mass is 32.1. The maximum atomic E-state index is 3.37. The van der Waals surface area contributed by atoms with Gasteiger partial charge in [-0.25, -0.2) is 0 Å². The van der Waals surface area contributed by atoms with Crippen LogP contribution in [0.2, 0.25) is 0 Å². The minimum atomic E-state index is 0.881. The fourth-order valence-electron chi connectivity index (χ4n) is 5.96. The lowest BCUT2D eigenvalue weighted by Gasteiger charge is -2.26. The Kier molecular flexibility index (Phi) is 6.09. The third kappa shape index (κ3) is 4.45. The van der Waals surface area contributed by atoms with Crippen molar-refractivity contribution in [3.8, 4) is 22.3 Å². The fraction of sp³-hybridized carbons (Fsp3) is 0.0256. The Balaban J connectivity index is 1.21. The average molecular weight is 557 g/mol. The zero-order valence-electron chi connectivity index (χ0n) is 23.0. The summed E-state index contributed by atoms with van der Waals surface area (Å²) in [5.41, 5.74) is 9.70. The third-order valence-electron chi connectivity index (χ3n) is 8.14. The zero-order valence-corrected chi connectivity index (χ0v) is 23.8. The molecule has 0 aliphatic carbocycles. The van der Waals surface area contributed by atoms with Crippen molar-refractivity contribution >= 4 is 55.3 Å². The first kappa shape index (κ1) is 24.7. The van der Waals surface area contributed by atoms with Crippen LogP contribution in [0.25, 0.3) is 49.2 Å². The second-order valence-corrected chi connectivity index (χ2v) is 11.8. The monoisotopic (exact) mass is 556 g/mol. The molecule has 0 saturated heterocycles. The number of hydrogen-bond acceptors (Lipinski definition) is 3. The minimum absolute atomic E-state index is 0.881. The summed E-state index contributed by atoms with van der Waals surface area (Å²) in [7, 11) is 0. The molecule has 1 aliphatic rings. The molecule has 0 bridgehead atoms. The topological polar surface area (TPSA) is 15.3 Å². The lowest BCUT2D eigenvalue weighted by atomic mass is 10.0. The molecule has 1 aliphatic heterocycles. The Morgan fingerprint density at radius 3 is 1.90 bits per heavy atom. The van der Waals surface area contributed by atoms with Crippen molar-refractivity contribution in [1.29, 1.82) is 0 Å². The van der Waals surface area contributed by atoms with Gasteiger partial charge in [-0.2, -0.15) is 0 Å². The highest BCUT2D eigenvalue weighted by Crippen LogP contribution is 2.41. The number of benzene rings is 6. The summed E-state index contributed by atoms with van der Waals surface area (Å²) < 4.78 is 1.31. The summed E-state index contributed by atoms with van der Waals surface area (Å²) in [5, 5.41) is 7.23. The zero-order chi connectivity index (χ0) is 27.9. The molecule has 0 radical (unpaired) electrons. The van der Waals surface area contributed by atoms with Crippen molar-refractivity contribution in [3.05, 3.63) is 156 Å². The second kappa shape index (κ2) is 10.4. The first-order chi connectivity index (χ1) is 20.8. The van der Waals surface area contributed by atoms with Crippen molar-refractivity contribution < 1.29 is 0 Å². The highest BCUT2D eigenvalue weighted by Gasteiger charge is 2.17.